The molecule has 0 aliphatic carbocycles. The zero-order valence-electron chi connectivity index (χ0n) is 9.59. The zero-order valence-corrected chi connectivity index (χ0v) is 11.2. The van der Waals surface area contributed by atoms with E-state index in [9.17, 15) is 21.6 Å². The predicted octanol–water partition coefficient (Wildman–Crippen LogP) is -0.118. The first-order chi connectivity index (χ1) is 7.16. The van der Waals surface area contributed by atoms with E-state index in [1.54, 1.807) is 0 Å². The summed E-state index contributed by atoms with van der Waals surface area (Å²) in [6.45, 7) is 2.98. The molecule has 0 saturated carbocycles. The molecule has 16 heavy (non-hydrogen) atoms. The summed E-state index contributed by atoms with van der Waals surface area (Å²) in [6, 6.07) is 0. The van der Waals surface area contributed by atoms with Crippen LogP contribution < -0.4 is 0 Å². The van der Waals surface area contributed by atoms with Crippen LogP contribution in [-0.2, 0) is 33.4 Å². The van der Waals surface area contributed by atoms with Crippen molar-refractivity contribution in [3.05, 3.63) is 0 Å². The highest BCUT2D eigenvalue weighted by Crippen LogP contribution is 1.94. The molecule has 9 heteroatoms. The van der Waals surface area contributed by atoms with Gasteiger partial charge in [-0.15, -0.1) is 0 Å². The van der Waals surface area contributed by atoms with Gasteiger partial charge in [0.15, 0.2) is 0 Å². The molecule has 98 valence electrons. The monoisotopic (exact) mass is 276 g/mol. The SMILES string of the molecule is CCC(=O)S(=O)(=O)OC.CCS(=O)(=O)OC. The molecule has 7 nitrogen and oxygen atoms in total. The molecule has 0 aliphatic heterocycles. The third kappa shape index (κ3) is 7.74. The Morgan fingerprint density at radius 2 is 1.44 bits per heavy atom. The predicted molar refractivity (Wildman–Crippen MR) is 57.7 cm³/mol. The number of carbonyl (C=O) groups is 1. The average Bonchev–Trinajstić information content (AvgIpc) is 2.28. The molecule has 0 amide bonds. The molecule has 0 unspecified atom stereocenters. The van der Waals surface area contributed by atoms with Crippen LogP contribution in [0.2, 0.25) is 0 Å². The van der Waals surface area contributed by atoms with Gasteiger partial charge in [-0.2, -0.15) is 16.8 Å². The second-order valence-corrected chi connectivity index (χ2v) is 6.08. The number of rotatable bonds is 4. The molecule has 0 aromatic carbocycles. The first kappa shape index (κ1) is 17.9. The van der Waals surface area contributed by atoms with Crippen LogP contribution >= 0.6 is 0 Å². The lowest BCUT2D eigenvalue weighted by molar-refractivity contribution is -0.112. The van der Waals surface area contributed by atoms with Crippen LogP contribution in [0.5, 0.6) is 0 Å². The van der Waals surface area contributed by atoms with Crippen LogP contribution in [0.25, 0.3) is 0 Å². The van der Waals surface area contributed by atoms with Crippen molar-refractivity contribution in [3.8, 4) is 0 Å². The quantitative estimate of drug-likeness (QED) is 0.659. The van der Waals surface area contributed by atoms with Gasteiger partial charge < -0.3 is 0 Å². The maximum Gasteiger partial charge on any atom is 0.330 e. The summed E-state index contributed by atoms with van der Waals surface area (Å²) in [5.41, 5.74) is 0. The van der Waals surface area contributed by atoms with Crippen LogP contribution in [0.4, 0.5) is 0 Å². The van der Waals surface area contributed by atoms with Crippen molar-refractivity contribution in [2.75, 3.05) is 20.0 Å². The molecular weight excluding hydrogens is 260 g/mol. The highest BCUT2D eigenvalue weighted by atomic mass is 32.2. The van der Waals surface area contributed by atoms with Crippen LogP contribution in [0, 0.1) is 0 Å². The van der Waals surface area contributed by atoms with Gasteiger partial charge in [-0.3, -0.25) is 13.2 Å². The summed E-state index contributed by atoms with van der Waals surface area (Å²) < 4.78 is 49.0. The van der Waals surface area contributed by atoms with Crippen molar-refractivity contribution in [2.24, 2.45) is 0 Å². The molecule has 0 spiro atoms. The van der Waals surface area contributed by atoms with Crippen molar-refractivity contribution in [3.63, 3.8) is 0 Å². The summed E-state index contributed by atoms with van der Waals surface area (Å²) in [7, 11) is -4.93. The van der Waals surface area contributed by atoms with Gasteiger partial charge in [0.05, 0.1) is 20.0 Å². The van der Waals surface area contributed by atoms with E-state index in [1.165, 1.54) is 13.8 Å². The Morgan fingerprint density at radius 1 is 1.00 bits per heavy atom. The van der Waals surface area contributed by atoms with Crippen LogP contribution in [-0.4, -0.2) is 41.9 Å². The van der Waals surface area contributed by atoms with Gasteiger partial charge in [0, 0.05) is 6.42 Å². The highest BCUT2D eigenvalue weighted by molar-refractivity contribution is 8.01. The summed E-state index contributed by atoms with van der Waals surface area (Å²) >= 11 is 0. The lowest BCUT2D eigenvalue weighted by Gasteiger charge is -1.93. The standard InChI is InChI=1S/C4H8O4S.C3H8O3S/c1-3-4(5)9(6,7)8-2;1-3-7(4,5)6-2/h3H2,1-2H3;3H2,1-2H3. The minimum absolute atomic E-state index is 0.0451. The van der Waals surface area contributed by atoms with E-state index in [0.717, 1.165) is 14.2 Å². The van der Waals surface area contributed by atoms with E-state index in [1.807, 2.05) is 0 Å². The molecule has 0 aromatic rings. The van der Waals surface area contributed by atoms with Gasteiger partial charge in [-0.25, -0.2) is 0 Å². The first-order valence-electron chi connectivity index (χ1n) is 4.28. The molecule has 0 aromatic heterocycles. The van der Waals surface area contributed by atoms with E-state index < -0.39 is 25.4 Å². The third-order valence-electron chi connectivity index (χ3n) is 1.39. The lowest BCUT2D eigenvalue weighted by atomic mass is 10.6. The fourth-order valence-corrected chi connectivity index (χ4v) is 1.16. The van der Waals surface area contributed by atoms with E-state index >= 15 is 0 Å². The summed E-state index contributed by atoms with van der Waals surface area (Å²) in [5, 5.41) is -0.884. The molecule has 0 rings (SSSR count). The van der Waals surface area contributed by atoms with Gasteiger partial charge in [0.1, 0.15) is 0 Å². The summed E-state index contributed by atoms with van der Waals surface area (Å²) in [4.78, 5) is 10.4. The van der Waals surface area contributed by atoms with Gasteiger partial charge in [0.25, 0.3) is 15.2 Å². The maximum atomic E-state index is 10.4. The van der Waals surface area contributed by atoms with Gasteiger partial charge in [-0.05, 0) is 6.92 Å². The Morgan fingerprint density at radius 3 is 1.50 bits per heavy atom. The maximum absolute atomic E-state index is 10.4. The van der Waals surface area contributed by atoms with Gasteiger partial charge >= 0.3 is 10.1 Å². The smallest absolute Gasteiger partial charge is 0.279 e. The number of hydrogen-bond donors (Lipinski definition) is 0. The first-order valence-corrected chi connectivity index (χ1v) is 7.27. The molecule has 0 saturated heterocycles. The fourth-order valence-electron chi connectivity index (χ4n) is 0.388. The Bertz CT molecular complexity index is 382. The van der Waals surface area contributed by atoms with Crippen molar-refractivity contribution in [1.82, 2.24) is 0 Å². The second-order valence-electron chi connectivity index (χ2n) is 2.36. The normalized spacial score (nSPS) is 11.5. The molecule has 0 bridgehead atoms. The molecular formula is C7H16O7S2. The Hall–Kier alpha value is -0.510. The minimum Gasteiger partial charge on any atom is -0.279 e. The molecule has 0 heterocycles. The van der Waals surface area contributed by atoms with Crippen molar-refractivity contribution < 1.29 is 30.0 Å². The van der Waals surface area contributed by atoms with E-state index in [0.29, 0.717) is 0 Å². The summed E-state index contributed by atoms with van der Waals surface area (Å²) in [5.74, 6) is 0.0451. The summed E-state index contributed by atoms with van der Waals surface area (Å²) in [6.07, 6.45) is -0.0455. The van der Waals surface area contributed by atoms with Gasteiger partial charge in [0.2, 0.25) is 0 Å². The molecule has 0 N–H and O–H groups in total. The Balaban J connectivity index is 0. The van der Waals surface area contributed by atoms with Gasteiger partial charge in [-0.1, -0.05) is 6.92 Å². The molecule has 0 radical (unpaired) electrons. The van der Waals surface area contributed by atoms with E-state index in [-0.39, 0.29) is 12.2 Å². The largest absolute Gasteiger partial charge is 0.330 e. The average molecular weight is 276 g/mol. The van der Waals surface area contributed by atoms with E-state index in [4.69, 9.17) is 0 Å². The van der Waals surface area contributed by atoms with Crippen molar-refractivity contribution >= 4 is 25.4 Å². The lowest BCUT2D eigenvalue weighted by Crippen LogP contribution is -2.14. The molecule has 0 fully saturated rings. The fraction of sp³-hybridized carbons (Fsp3) is 0.857. The van der Waals surface area contributed by atoms with Crippen LogP contribution in [0.3, 0.4) is 0 Å². The zero-order chi connectivity index (χ0) is 13.4. The highest BCUT2D eigenvalue weighted by Gasteiger charge is 2.17. The topological polar surface area (TPSA) is 104 Å². The Labute approximate surface area is 96.0 Å². The number of carbonyl (C=O) groups excluding carboxylic acids is 1. The minimum atomic E-state index is -3.89. The Kier molecular flexibility index (Phi) is 8.62. The van der Waals surface area contributed by atoms with Crippen molar-refractivity contribution in [2.45, 2.75) is 20.3 Å². The van der Waals surface area contributed by atoms with Crippen molar-refractivity contribution in [1.29, 1.82) is 0 Å². The van der Waals surface area contributed by atoms with Crippen LogP contribution in [0.1, 0.15) is 20.3 Å². The third-order valence-corrected chi connectivity index (χ3v) is 3.89. The molecule has 0 aliphatic rings. The second kappa shape index (κ2) is 7.71. The van der Waals surface area contributed by atoms with E-state index in [2.05, 4.69) is 8.37 Å². The van der Waals surface area contributed by atoms with Crippen LogP contribution in [0.15, 0.2) is 0 Å². The molecule has 0 atom stereocenters. The number of hydrogen-bond acceptors (Lipinski definition) is 7.